The second kappa shape index (κ2) is 5.39. The predicted molar refractivity (Wildman–Crippen MR) is 75.1 cm³/mol. The number of rotatable bonds is 4. The van der Waals surface area contributed by atoms with Crippen LogP contribution in [0.5, 0.6) is 0 Å². The van der Waals surface area contributed by atoms with Crippen LogP contribution in [0.4, 0.5) is 14.5 Å². The van der Waals surface area contributed by atoms with E-state index in [1.165, 1.54) is 6.07 Å². The molecule has 0 saturated carbocycles. The largest absolute Gasteiger partial charge is 0.399 e. The van der Waals surface area contributed by atoms with Crippen molar-refractivity contribution in [2.75, 3.05) is 5.73 Å². The molecule has 19 heavy (non-hydrogen) atoms. The van der Waals surface area contributed by atoms with E-state index in [0.717, 1.165) is 11.1 Å². The van der Waals surface area contributed by atoms with Gasteiger partial charge in [-0.15, -0.1) is 0 Å². The molecule has 0 aromatic heterocycles. The lowest BCUT2D eigenvalue weighted by molar-refractivity contribution is -0.0139. The van der Waals surface area contributed by atoms with E-state index in [-0.39, 0.29) is 12.0 Å². The summed E-state index contributed by atoms with van der Waals surface area (Å²) in [6, 6.07) is 13.8. The van der Waals surface area contributed by atoms with Gasteiger partial charge in [0.05, 0.1) is 0 Å². The highest BCUT2D eigenvalue weighted by atomic mass is 19.3. The van der Waals surface area contributed by atoms with Crippen molar-refractivity contribution in [3.63, 3.8) is 0 Å². The number of hydrogen-bond acceptors (Lipinski definition) is 1. The van der Waals surface area contributed by atoms with Gasteiger partial charge in [-0.3, -0.25) is 0 Å². The van der Waals surface area contributed by atoms with Crippen LogP contribution in [0.3, 0.4) is 0 Å². The van der Waals surface area contributed by atoms with Crippen LogP contribution in [0.25, 0.3) is 11.1 Å². The van der Waals surface area contributed by atoms with Gasteiger partial charge in [0.1, 0.15) is 0 Å². The lowest BCUT2D eigenvalue weighted by Crippen LogP contribution is -2.12. The van der Waals surface area contributed by atoms with Gasteiger partial charge in [0.15, 0.2) is 0 Å². The number of anilines is 1. The summed E-state index contributed by atoms with van der Waals surface area (Å²) in [5, 5.41) is 0. The van der Waals surface area contributed by atoms with Crippen molar-refractivity contribution in [3.05, 3.63) is 54.1 Å². The molecule has 0 amide bonds. The van der Waals surface area contributed by atoms with Crippen LogP contribution in [-0.2, 0) is 5.92 Å². The number of nitrogens with two attached hydrogens (primary N) is 1. The molecule has 0 bridgehead atoms. The molecule has 2 N–H and O–H groups in total. The third kappa shape index (κ3) is 3.11. The summed E-state index contributed by atoms with van der Waals surface area (Å²) in [5.41, 5.74) is 8.03. The normalized spacial score (nSPS) is 11.5. The highest BCUT2D eigenvalue weighted by Gasteiger charge is 2.30. The van der Waals surface area contributed by atoms with Gasteiger partial charge in [-0.2, -0.15) is 0 Å². The van der Waals surface area contributed by atoms with Crippen LogP contribution in [0.1, 0.15) is 25.3 Å². The molecule has 0 spiro atoms. The highest BCUT2D eigenvalue weighted by molar-refractivity contribution is 5.68. The Hall–Kier alpha value is -1.90. The third-order valence-electron chi connectivity index (χ3n) is 3.07. The predicted octanol–water partition coefficient (Wildman–Crippen LogP) is 4.83. The number of hydrogen-bond donors (Lipinski definition) is 1. The van der Waals surface area contributed by atoms with Crippen molar-refractivity contribution in [2.24, 2.45) is 0 Å². The molecule has 0 saturated heterocycles. The number of nitrogen functional groups attached to an aromatic ring is 1. The van der Waals surface area contributed by atoms with Crippen molar-refractivity contribution < 1.29 is 8.78 Å². The van der Waals surface area contributed by atoms with Crippen LogP contribution in [0.15, 0.2) is 48.5 Å². The van der Waals surface area contributed by atoms with Gasteiger partial charge in [0.2, 0.25) is 0 Å². The fourth-order valence-corrected chi connectivity index (χ4v) is 2.10. The maximum absolute atomic E-state index is 13.9. The van der Waals surface area contributed by atoms with E-state index in [1.54, 1.807) is 31.2 Å². The number of benzene rings is 2. The maximum Gasteiger partial charge on any atom is 0.273 e. The minimum Gasteiger partial charge on any atom is -0.399 e. The summed E-state index contributed by atoms with van der Waals surface area (Å²) in [4.78, 5) is 0. The Kier molecular flexibility index (Phi) is 3.84. The summed E-state index contributed by atoms with van der Waals surface area (Å²) in [5.74, 6) is -2.77. The first-order valence-electron chi connectivity index (χ1n) is 6.37. The first-order chi connectivity index (χ1) is 9.03. The Morgan fingerprint density at radius 2 is 1.63 bits per heavy atom. The zero-order valence-corrected chi connectivity index (χ0v) is 10.9. The molecule has 0 radical (unpaired) electrons. The molecular formula is C16H17F2N. The fourth-order valence-electron chi connectivity index (χ4n) is 2.10. The molecule has 0 aliphatic rings. The number of halogens is 2. The van der Waals surface area contributed by atoms with E-state index in [2.05, 4.69) is 0 Å². The molecule has 2 rings (SSSR count). The van der Waals surface area contributed by atoms with Crippen LogP contribution in [-0.4, -0.2) is 0 Å². The molecule has 0 unspecified atom stereocenters. The quantitative estimate of drug-likeness (QED) is 0.784. The van der Waals surface area contributed by atoms with Crippen molar-refractivity contribution in [1.82, 2.24) is 0 Å². The third-order valence-corrected chi connectivity index (χ3v) is 3.07. The first-order valence-corrected chi connectivity index (χ1v) is 6.37. The van der Waals surface area contributed by atoms with Crippen LogP contribution < -0.4 is 5.73 Å². The standard InChI is InChI=1S/C16H17F2N/c1-2-9-16(17,18)14-7-3-5-12(10-14)13-6-4-8-15(19)11-13/h3-8,10-11H,2,9,19H2,1H3. The highest BCUT2D eigenvalue weighted by Crippen LogP contribution is 2.35. The average Bonchev–Trinajstić information content (AvgIpc) is 2.39. The average molecular weight is 261 g/mol. The maximum atomic E-state index is 13.9. The van der Waals surface area contributed by atoms with Crippen LogP contribution in [0, 0.1) is 0 Å². The molecule has 0 aliphatic carbocycles. The van der Waals surface area contributed by atoms with E-state index in [1.807, 2.05) is 18.2 Å². The van der Waals surface area contributed by atoms with E-state index in [0.29, 0.717) is 12.1 Å². The first kappa shape index (κ1) is 13.5. The van der Waals surface area contributed by atoms with Crippen LogP contribution in [0.2, 0.25) is 0 Å². The van der Waals surface area contributed by atoms with Gasteiger partial charge in [0.25, 0.3) is 5.92 Å². The molecule has 0 heterocycles. The smallest absolute Gasteiger partial charge is 0.273 e. The topological polar surface area (TPSA) is 26.0 Å². The van der Waals surface area contributed by atoms with Crippen molar-refractivity contribution in [2.45, 2.75) is 25.7 Å². The van der Waals surface area contributed by atoms with Gasteiger partial charge >= 0.3 is 0 Å². The van der Waals surface area contributed by atoms with Crippen molar-refractivity contribution in [1.29, 1.82) is 0 Å². The zero-order valence-electron chi connectivity index (χ0n) is 10.9. The van der Waals surface area contributed by atoms with Crippen molar-refractivity contribution >= 4 is 5.69 Å². The van der Waals surface area contributed by atoms with Crippen LogP contribution >= 0.6 is 0 Å². The minimum atomic E-state index is -2.77. The Bertz CT molecular complexity index is 564. The summed E-state index contributed by atoms with van der Waals surface area (Å²) in [6.07, 6.45) is 0.322. The lowest BCUT2D eigenvalue weighted by atomic mass is 9.98. The van der Waals surface area contributed by atoms with Gasteiger partial charge in [-0.1, -0.05) is 43.7 Å². The Morgan fingerprint density at radius 3 is 2.26 bits per heavy atom. The van der Waals surface area contributed by atoms with Gasteiger partial charge in [-0.25, -0.2) is 8.78 Å². The SMILES string of the molecule is CCCC(F)(F)c1cccc(-c2cccc(N)c2)c1. The molecule has 0 fully saturated rings. The summed E-state index contributed by atoms with van der Waals surface area (Å²) >= 11 is 0. The Morgan fingerprint density at radius 1 is 1.00 bits per heavy atom. The summed E-state index contributed by atoms with van der Waals surface area (Å²) in [7, 11) is 0. The molecule has 1 nitrogen and oxygen atoms in total. The molecule has 0 aliphatic heterocycles. The molecule has 0 atom stereocenters. The molecule has 2 aromatic rings. The Balaban J connectivity index is 2.40. The minimum absolute atomic E-state index is 0.0641. The summed E-state index contributed by atoms with van der Waals surface area (Å²) < 4.78 is 27.8. The van der Waals surface area contributed by atoms with Gasteiger partial charge in [0, 0.05) is 17.7 Å². The van der Waals surface area contributed by atoms with E-state index in [4.69, 9.17) is 5.73 Å². The van der Waals surface area contributed by atoms with E-state index >= 15 is 0 Å². The van der Waals surface area contributed by atoms with E-state index < -0.39 is 5.92 Å². The molecule has 2 aromatic carbocycles. The Labute approximate surface area is 112 Å². The molecule has 100 valence electrons. The second-order valence-electron chi connectivity index (χ2n) is 4.66. The van der Waals surface area contributed by atoms with Gasteiger partial charge < -0.3 is 5.73 Å². The van der Waals surface area contributed by atoms with E-state index in [9.17, 15) is 8.78 Å². The number of alkyl halides is 2. The fraction of sp³-hybridized carbons (Fsp3) is 0.250. The molecular weight excluding hydrogens is 244 g/mol. The second-order valence-corrected chi connectivity index (χ2v) is 4.66. The molecule has 3 heteroatoms. The lowest BCUT2D eigenvalue weighted by Gasteiger charge is -2.16. The summed E-state index contributed by atoms with van der Waals surface area (Å²) in [6.45, 7) is 1.76. The van der Waals surface area contributed by atoms with Gasteiger partial charge in [-0.05, 0) is 29.3 Å². The van der Waals surface area contributed by atoms with Crippen molar-refractivity contribution in [3.8, 4) is 11.1 Å². The monoisotopic (exact) mass is 261 g/mol. The zero-order chi connectivity index (χ0) is 13.9.